The topological polar surface area (TPSA) is 96.5 Å². The minimum Gasteiger partial charge on any atom is -0.438 e. The molecule has 1 N–H and O–H groups in total. The van der Waals surface area contributed by atoms with Crippen LogP contribution in [0.4, 0.5) is 5.69 Å². The normalized spacial score (nSPS) is 11.1. The van der Waals surface area contributed by atoms with Gasteiger partial charge in [0.05, 0.1) is 10.7 Å². The summed E-state index contributed by atoms with van der Waals surface area (Å²) in [4.78, 5) is 30.5. The molecule has 7 nitrogen and oxygen atoms in total. The van der Waals surface area contributed by atoms with E-state index in [9.17, 15) is 14.9 Å². The Morgan fingerprint density at radius 3 is 2.61 bits per heavy atom. The molecule has 2 heterocycles. The third kappa shape index (κ3) is 4.61. The summed E-state index contributed by atoms with van der Waals surface area (Å²) in [5, 5.41) is 12.6. The zero-order chi connectivity index (χ0) is 23.4. The van der Waals surface area contributed by atoms with Crippen molar-refractivity contribution in [3.05, 3.63) is 105 Å². The Morgan fingerprint density at radius 1 is 1.12 bits per heavy atom. The summed E-state index contributed by atoms with van der Waals surface area (Å²) in [5.74, 6) is -0.234. The molecule has 0 aliphatic heterocycles. The van der Waals surface area contributed by atoms with E-state index in [1.807, 2.05) is 25.1 Å². The number of aromatic nitrogens is 2. The second kappa shape index (κ2) is 9.39. The number of para-hydroxylation sites is 2. The number of nitrogens with one attached hydrogen (secondary N) is 1. The molecule has 0 saturated heterocycles. The number of fused-ring (bicyclic) bond motifs is 1. The number of nitrogens with zero attached hydrogens (tertiary/aromatic N) is 3. The van der Waals surface area contributed by atoms with Crippen LogP contribution in [-0.4, -0.2) is 15.3 Å². The van der Waals surface area contributed by atoms with E-state index in [4.69, 9.17) is 16.3 Å². The van der Waals surface area contributed by atoms with E-state index in [2.05, 4.69) is 10.3 Å². The van der Waals surface area contributed by atoms with Crippen molar-refractivity contribution in [2.75, 3.05) is 5.32 Å². The average molecular weight is 457 g/mol. The fraction of sp³-hybridized carbons (Fsp3) is 0.0400. The summed E-state index contributed by atoms with van der Waals surface area (Å²) in [6.45, 7) is 1.86. The van der Waals surface area contributed by atoms with Crippen LogP contribution in [0.1, 0.15) is 11.1 Å². The smallest absolute Gasteiger partial charge is 0.269 e. The molecule has 0 unspecified atom stereocenters. The van der Waals surface area contributed by atoms with Crippen molar-refractivity contribution in [3.63, 3.8) is 0 Å². The first-order valence-corrected chi connectivity index (χ1v) is 10.3. The number of amides is 1. The molecule has 8 heteroatoms. The third-order valence-electron chi connectivity index (χ3n) is 4.81. The van der Waals surface area contributed by atoms with Crippen LogP contribution in [0, 0.1) is 18.3 Å². The lowest BCUT2D eigenvalue weighted by Crippen LogP contribution is -2.20. The van der Waals surface area contributed by atoms with Crippen LogP contribution in [0.15, 0.2) is 83.3 Å². The fourth-order valence-corrected chi connectivity index (χ4v) is 3.29. The first kappa shape index (κ1) is 21.8. The number of rotatable bonds is 5. The van der Waals surface area contributed by atoms with Gasteiger partial charge in [-0.3, -0.25) is 14.0 Å². The molecule has 2 aromatic carbocycles. The van der Waals surface area contributed by atoms with E-state index in [0.717, 1.165) is 5.56 Å². The predicted molar refractivity (Wildman–Crippen MR) is 126 cm³/mol. The highest BCUT2D eigenvalue weighted by molar-refractivity contribution is 6.34. The molecule has 162 valence electrons. The molecule has 1 amide bonds. The zero-order valence-corrected chi connectivity index (χ0v) is 18.2. The van der Waals surface area contributed by atoms with Crippen molar-refractivity contribution in [1.29, 1.82) is 5.26 Å². The summed E-state index contributed by atoms with van der Waals surface area (Å²) < 4.78 is 7.28. The number of anilines is 1. The van der Waals surface area contributed by atoms with Gasteiger partial charge in [-0.05, 0) is 48.9 Å². The van der Waals surface area contributed by atoms with Crippen LogP contribution in [0.25, 0.3) is 11.7 Å². The van der Waals surface area contributed by atoms with Crippen LogP contribution < -0.4 is 15.6 Å². The van der Waals surface area contributed by atoms with Gasteiger partial charge in [-0.2, -0.15) is 10.2 Å². The molecule has 2 aromatic heterocycles. The molecule has 0 bridgehead atoms. The van der Waals surface area contributed by atoms with E-state index in [1.165, 1.54) is 10.5 Å². The van der Waals surface area contributed by atoms with Crippen LogP contribution in [0.3, 0.4) is 0 Å². The summed E-state index contributed by atoms with van der Waals surface area (Å²) in [7, 11) is 0. The van der Waals surface area contributed by atoms with Gasteiger partial charge in [0.2, 0.25) is 5.88 Å². The van der Waals surface area contributed by atoms with E-state index >= 15 is 0 Å². The molecule has 0 saturated carbocycles. The molecule has 0 aliphatic rings. The Bertz CT molecular complexity index is 1500. The van der Waals surface area contributed by atoms with Gasteiger partial charge in [-0.1, -0.05) is 48.0 Å². The number of carbonyl (C=O) groups is 1. The number of aryl methyl sites for hydroxylation is 1. The second-order valence-electron chi connectivity index (χ2n) is 7.04. The molecule has 33 heavy (non-hydrogen) atoms. The van der Waals surface area contributed by atoms with Crippen LogP contribution in [-0.2, 0) is 4.79 Å². The maximum Gasteiger partial charge on any atom is 0.269 e. The Kier molecular flexibility index (Phi) is 6.20. The Balaban J connectivity index is 1.83. The highest BCUT2D eigenvalue weighted by atomic mass is 35.5. The molecule has 4 rings (SSSR count). The molecular formula is C25H17ClN4O3. The number of carbonyl (C=O) groups excluding carboxylic acids is 1. The van der Waals surface area contributed by atoms with E-state index in [-0.39, 0.29) is 17.0 Å². The van der Waals surface area contributed by atoms with Gasteiger partial charge in [-0.15, -0.1) is 0 Å². The number of hydrogen-bond donors (Lipinski definition) is 1. The highest BCUT2D eigenvalue weighted by Gasteiger charge is 2.18. The lowest BCUT2D eigenvalue weighted by atomic mass is 10.1. The van der Waals surface area contributed by atoms with Crippen LogP contribution in [0.5, 0.6) is 11.6 Å². The molecule has 0 atom stereocenters. The maximum atomic E-state index is 13.2. The Morgan fingerprint density at radius 2 is 1.85 bits per heavy atom. The molecule has 0 fully saturated rings. The quantitative estimate of drug-likeness (QED) is 0.337. The fourth-order valence-electron chi connectivity index (χ4n) is 3.10. The standard InChI is InChI=1S/C25H17ClN4O3/c1-16-8-2-5-11-21(16)33-24-18(25(32)30-13-7-6-12-22(30)29-24)14-17(15-27)23(31)28-20-10-4-3-9-19(20)26/h2-14H,1H3,(H,28,31)/b17-14-. The lowest BCUT2D eigenvalue weighted by Gasteiger charge is -2.12. The molecule has 0 spiro atoms. The molecular weight excluding hydrogens is 440 g/mol. The highest BCUT2D eigenvalue weighted by Crippen LogP contribution is 2.27. The van der Waals surface area contributed by atoms with E-state index < -0.39 is 11.5 Å². The minimum absolute atomic E-state index is 0.0150. The molecule has 0 aliphatic carbocycles. The number of ether oxygens (including phenoxy) is 1. The van der Waals surface area contributed by atoms with Crippen molar-refractivity contribution < 1.29 is 9.53 Å². The van der Waals surface area contributed by atoms with Gasteiger partial charge >= 0.3 is 0 Å². The van der Waals surface area contributed by atoms with Crippen molar-refractivity contribution in [3.8, 4) is 17.7 Å². The van der Waals surface area contributed by atoms with Gasteiger partial charge < -0.3 is 10.1 Å². The number of pyridine rings is 1. The number of benzene rings is 2. The van der Waals surface area contributed by atoms with E-state index in [1.54, 1.807) is 60.8 Å². The number of nitriles is 1. The Hall–Kier alpha value is -4.41. The first-order chi connectivity index (χ1) is 16.0. The molecule has 4 aromatic rings. The summed E-state index contributed by atoms with van der Waals surface area (Å²) in [6, 6.07) is 20.8. The summed E-state index contributed by atoms with van der Waals surface area (Å²) in [6.07, 6.45) is 2.73. The van der Waals surface area contributed by atoms with Gasteiger partial charge in [-0.25, -0.2) is 0 Å². The van der Waals surface area contributed by atoms with Crippen molar-refractivity contribution >= 4 is 34.9 Å². The largest absolute Gasteiger partial charge is 0.438 e. The minimum atomic E-state index is -0.718. The van der Waals surface area contributed by atoms with Gasteiger partial charge in [0.1, 0.15) is 28.6 Å². The van der Waals surface area contributed by atoms with Crippen LogP contribution >= 0.6 is 11.6 Å². The lowest BCUT2D eigenvalue weighted by molar-refractivity contribution is -0.112. The summed E-state index contributed by atoms with van der Waals surface area (Å²) in [5.41, 5.74) is 0.714. The van der Waals surface area contributed by atoms with Gasteiger partial charge in [0, 0.05) is 6.20 Å². The van der Waals surface area contributed by atoms with Crippen molar-refractivity contribution in [2.24, 2.45) is 0 Å². The second-order valence-corrected chi connectivity index (χ2v) is 7.44. The third-order valence-corrected chi connectivity index (χ3v) is 5.14. The van der Waals surface area contributed by atoms with Crippen LogP contribution in [0.2, 0.25) is 5.02 Å². The predicted octanol–water partition coefficient (Wildman–Crippen LogP) is 4.99. The van der Waals surface area contributed by atoms with E-state index in [0.29, 0.717) is 22.1 Å². The zero-order valence-electron chi connectivity index (χ0n) is 17.4. The summed E-state index contributed by atoms with van der Waals surface area (Å²) >= 11 is 6.10. The first-order valence-electron chi connectivity index (χ1n) is 9.90. The monoisotopic (exact) mass is 456 g/mol. The maximum absolute atomic E-state index is 13.2. The Labute approximate surface area is 194 Å². The number of hydrogen-bond acceptors (Lipinski definition) is 5. The average Bonchev–Trinajstić information content (AvgIpc) is 2.82. The van der Waals surface area contributed by atoms with Gasteiger partial charge in [0.25, 0.3) is 11.5 Å². The molecule has 0 radical (unpaired) electrons. The number of halogens is 1. The SMILES string of the molecule is Cc1ccccc1Oc1nc2ccccn2c(=O)c1/C=C(/C#N)C(=O)Nc1ccccc1Cl. The van der Waals surface area contributed by atoms with Gasteiger partial charge in [0.15, 0.2) is 0 Å². The van der Waals surface area contributed by atoms with Crippen molar-refractivity contribution in [2.45, 2.75) is 6.92 Å². The van der Waals surface area contributed by atoms with Crippen molar-refractivity contribution in [1.82, 2.24) is 9.38 Å².